The second-order valence-electron chi connectivity index (χ2n) is 5.83. The molecule has 0 atom stereocenters. The zero-order chi connectivity index (χ0) is 19.4. The fraction of sp³-hybridized carbons (Fsp3) is 0.222. The molecule has 0 aliphatic heterocycles. The smallest absolute Gasteiger partial charge is 0.337 e. The van der Waals surface area contributed by atoms with Crippen LogP contribution in [-0.4, -0.2) is 38.0 Å². The fourth-order valence-electron chi connectivity index (χ4n) is 2.40. The minimum absolute atomic E-state index is 0.159. The first-order chi connectivity index (χ1) is 12.2. The molecule has 0 aliphatic carbocycles. The van der Waals surface area contributed by atoms with Gasteiger partial charge in [0.2, 0.25) is 0 Å². The predicted octanol–water partition coefficient (Wildman–Crippen LogP) is 3.01. The minimum Gasteiger partial charge on any atom is -0.465 e. The second-order valence-corrected chi connectivity index (χ2v) is 5.83. The Morgan fingerprint density at radius 2 is 1.85 bits per heavy atom. The number of esters is 1. The summed E-state index contributed by atoms with van der Waals surface area (Å²) in [4.78, 5) is 36.6. The molecule has 1 amide bonds. The van der Waals surface area contributed by atoms with Gasteiger partial charge in [0.05, 0.1) is 23.2 Å². The van der Waals surface area contributed by atoms with E-state index in [1.165, 1.54) is 31.4 Å². The van der Waals surface area contributed by atoms with Gasteiger partial charge in [-0.2, -0.15) is 0 Å². The number of nitrogens with one attached hydrogen (secondary N) is 1. The number of nitro groups is 1. The van der Waals surface area contributed by atoms with Crippen LogP contribution in [0, 0.1) is 17.0 Å². The molecule has 2 aromatic rings. The average Bonchev–Trinajstić information content (AvgIpc) is 2.62. The van der Waals surface area contributed by atoms with Crippen molar-refractivity contribution in [2.75, 3.05) is 31.4 Å². The van der Waals surface area contributed by atoms with Crippen molar-refractivity contribution >= 4 is 28.9 Å². The van der Waals surface area contributed by atoms with Crippen molar-refractivity contribution < 1.29 is 19.2 Å². The number of carbonyl (C=O) groups excluding carboxylic acids is 2. The maximum atomic E-state index is 12.7. The second kappa shape index (κ2) is 7.64. The topological polar surface area (TPSA) is 102 Å². The van der Waals surface area contributed by atoms with Gasteiger partial charge in [0.15, 0.2) is 0 Å². The summed E-state index contributed by atoms with van der Waals surface area (Å²) >= 11 is 0. The third-order valence-electron chi connectivity index (χ3n) is 3.82. The summed E-state index contributed by atoms with van der Waals surface area (Å²) in [6.45, 7) is 1.77. The first-order valence-corrected chi connectivity index (χ1v) is 7.70. The molecule has 0 heterocycles. The number of nitrogens with zero attached hydrogens (tertiary/aromatic N) is 2. The molecule has 0 radical (unpaired) electrons. The van der Waals surface area contributed by atoms with Gasteiger partial charge in [-0.3, -0.25) is 14.9 Å². The van der Waals surface area contributed by atoms with Crippen molar-refractivity contribution in [3.8, 4) is 0 Å². The summed E-state index contributed by atoms with van der Waals surface area (Å²) in [6.07, 6.45) is 0. The molecule has 0 saturated carbocycles. The van der Waals surface area contributed by atoms with Crippen molar-refractivity contribution in [2.45, 2.75) is 6.92 Å². The fourth-order valence-corrected chi connectivity index (χ4v) is 2.40. The van der Waals surface area contributed by atoms with Gasteiger partial charge in [-0.05, 0) is 30.7 Å². The van der Waals surface area contributed by atoms with Crippen LogP contribution >= 0.6 is 0 Å². The number of anilines is 2. The number of methoxy groups -OCH3 is 1. The molecule has 0 aromatic heterocycles. The van der Waals surface area contributed by atoms with Crippen LogP contribution in [0.15, 0.2) is 36.4 Å². The molecule has 136 valence electrons. The average molecular weight is 357 g/mol. The third-order valence-corrected chi connectivity index (χ3v) is 3.82. The lowest BCUT2D eigenvalue weighted by Gasteiger charge is -2.17. The summed E-state index contributed by atoms with van der Waals surface area (Å²) in [5.74, 6) is -1.03. The summed E-state index contributed by atoms with van der Waals surface area (Å²) in [6, 6.07) is 8.87. The number of benzene rings is 2. The lowest BCUT2D eigenvalue weighted by atomic mass is 10.1. The number of carbonyl (C=O) groups is 2. The Bertz CT molecular complexity index is 877. The highest BCUT2D eigenvalue weighted by atomic mass is 16.6. The van der Waals surface area contributed by atoms with Crippen LogP contribution in [0.5, 0.6) is 0 Å². The Labute approximate surface area is 150 Å². The first-order valence-electron chi connectivity index (χ1n) is 7.70. The molecule has 2 aromatic carbocycles. The van der Waals surface area contributed by atoms with Gasteiger partial charge in [-0.25, -0.2) is 4.79 Å². The molecule has 0 saturated heterocycles. The maximum Gasteiger partial charge on any atom is 0.337 e. The highest BCUT2D eigenvalue weighted by Gasteiger charge is 2.19. The van der Waals surface area contributed by atoms with E-state index in [0.29, 0.717) is 16.9 Å². The Balaban J connectivity index is 2.42. The van der Waals surface area contributed by atoms with E-state index in [1.807, 2.05) is 0 Å². The third kappa shape index (κ3) is 3.97. The SMILES string of the molecule is COC(=O)c1ccc(C)c(NC(=O)c2cc([N+](=O)[O-])ccc2N(C)C)c1. The molecule has 26 heavy (non-hydrogen) atoms. The molecule has 2 rings (SSSR count). The van der Waals surface area contributed by atoms with Crippen LogP contribution in [0.25, 0.3) is 0 Å². The van der Waals surface area contributed by atoms with E-state index in [-0.39, 0.29) is 11.3 Å². The van der Waals surface area contributed by atoms with Crippen LogP contribution in [0.3, 0.4) is 0 Å². The monoisotopic (exact) mass is 357 g/mol. The number of amides is 1. The summed E-state index contributed by atoms with van der Waals surface area (Å²) in [5, 5.41) is 13.7. The summed E-state index contributed by atoms with van der Waals surface area (Å²) in [7, 11) is 4.75. The molecule has 0 bridgehead atoms. The number of aryl methyl sites for hydroxylation is 1. The zero-order valence-electron chi connectivity index (χ0n) is 14.9. The summed E-state index contributed by atoms with van der Waals surface area (Å²) in [5.41, 5.74) is 1.97. The number of non-ortho nitro benzene ring substituents is 1. The van der Waals surface area contributed by atoms with E-state index in [4.69, 9.17) is 0 Å². The molecule has 0 aliphatic rings. The van der Waals surface area contributed by atoms with E-state index in [9.17, 15) is 19.7 Å². The molecule has 8 heteroatoms. The van der Waals surface area contributed by atoms with Crippen LogP contribution in [0.2, 0.25) is 0 Å². The van der Waals surface area contributed by atoms with E-state index in [0.717, 1.165) is 5.56 Å². The van der Waals surface area contributed by atoms with Crippen LogP contribution in [0.4, 0.5) is 17.1 Å². The van der Waals surface area contributed by atoms with Gasteiger partial charge in [0.25, 0.3) is 11.6 Å². The van der Waals surface area contributed by atoms with Gasteiger partial charge in [-0.15, -0.1) is 0 Å². The van der Waals surface area contributed by atoms with Gasteiger partial charge >= 0.3 is 5.97 Å². The molecule has 0 spiro atoms. The largest absolute Gasteiger partial charge is 0.465 e. The van der Waals surface area contributed by atoms with Crippen molar-refractivity contribution in [2.24, 2.45) is 0 Å². The van der Waals surface area contributed by atoms with Gasteiger partial charge in [-0.1, -0.05) is 6.07 Å². The van der Waals surface area contributed by atoms with Crippen molar-refractivity contribution in [1.82, 2.24) is 0 Å². The van der Waals surface area contributed by atoms with Crippen molar-refractivity contribution in [3.05, 3.63) is 63.2 Å². The standard InChI is InChI=1S/C18H19N3O5/c1-11-5-6-12(18(23)26-4)9-15(11)19-17(22)14-10-13(21(24)25)7-8-16(14)20(2)3/h5-10H,1-4H3,(H,19,22). The quantitative estimate of drug-likeness (QED) is 0.501. The van der Waals surface area contributed by atoms with E-state index in [2.05, 4.69) is 10.1 Å². The van der Waals surface area contributed by atoms with E-state index in [1.54, 1.807) is 38.1 Å². The zero-order valence-corrected chi connectivity index (χ0v) is 14.9. The van der Waals surface area contributed by atoms with Crippen LogP contribution in [-0.2, 0) is 4.74 Å². The van der Waals surface area contributed by atoms with Crippen molar-refractivity contribution in [1.29, 1.82) is 0 Å². The molecular formula is C18H19N3O5. The highest BCUT2D eigenvalue weighted by Crippen LogP contribution is 2.26. The van der Waals surface area contributed by atoms with Gasteiger partial charge in [0.1, 0.15) is 0 Å². The Morgan fingerprint density at radius 3 is 2.42 bits per heavy atom. The lowest BCUT2D eigenvalue weighted by molar-refractivity contribution is -0.384. The molecule has 0 fully saturated rings. The molecule has 8 nitrogen and oxygen atoms in total. The molecule has 0 unspecified atom stereocenters. The lowest BCUT2D eigenvalue weighted by Crippen LogP contribution is -2.19. The maximum absolute atomic E-state index is 12.7. The Kier molecular flexibility index (Phi) is 5.56. The molecule has 1 N–H and O–H groups in total. The number of nitro benzene ring substituents is 1. The van der Waals surface area contributed by atoms with Crippen molar-refractivity contribution in [3.63, 3.8) is 0 Å². The highest BCUT2D eigenvalue weighted by molar-refractivity contribution is 6.09. The van der Waals surface area contributed by atoms with E-state index < -0.39 is 16.8 Å². The molecular weight excluding hydrogens is 338 g/mol. The van der Waals surface area contributed by atoms with Crippen LogP contribution < -0.4 is 10.2 Å². The van der Waals surface area contributed by atoms with E-state index >= 15 is 0 Å². The first kappa shape index (κ1) is 18.9. The van der Waals surface area contributed by atoms with Gasteiger partial charge in [0, 0.05) is 37.6 Å². The number of ether oxygens (including phenoxy) is 1. The minimum atomic E-state index is -0.556. The predicted molar refractivity (Wildman–Crippen MR) is 97.9 cm³/mol. The normalized spacial score (nSPS) is 10.2. The Morgan fingerprint density at radius 1 is 1.15 bits per heavy atom. The van der Waals surface area contributed by atoms with Crippen LogP contribution in [0.1, 0.15) is 26.3 Å². The number of hydrogen-bond donors (Lipinski definition) is 1. The number of rotatable bonds is 5. The number of hydrogen-bond acceptors (Lipinski definition) is 6. The van der Waals surface area contributed by atoms with Gasteiger partial charge < -0.3 is 15.0 Å². The summed E-state index contributed by atoms with van der Waals surface area (Å²) < 4.78 is 4.68. The Hall–Kier alpha value is -3.42.